The average Bonchev–Trinajstić information content (AvgIpc) is 2.35. The van der Waals surface area contributed by atoms with E-state index in [0.29, 0.717) is 16.6 Å². The Morgan fingerprint density at radius 1 is 1.56 bits per heavy atom. The van der Waals surface area contributed by atoms with Gasteiger partial charge in [-0.2, -0.15) is 0 Å². The van der Waals surface area contributed by atoms with Gasteiger partial charge in [0, 0.05) is 21.6 Å². The molecule has 5 heteroatoms. The number of piperidine rings is 1. The first-order chi connectivity index (χ1) is 8.58. The minimum absolute atomic E-state index is 0.0788. The van der Waals surface area contributed by atoms with Gasteiger partial charge in [0.1, 0.15) is 0 Å². The van der Waals surface area contributed by atoms with Gasteiger partial charge in [-0.3, -0.25) is 4.79 Å². The fourth-order valence-corrected chi connectivity index (χ4v) is 2.76. The van der Waals surface area contributed by atoms with Gasteiger partial charge < -0.3 is 10.6 Å². The van der Waals surface area contributed by atoms with E-state index in [2.05, 4.69) is 33.5 Å². The predicted octanol–water partition coefficient (Wildman–Crippen LogP) is 2.97. The van der Waals surface area contributed by atoms with Crippen LogP contribution in [0.1, 0.15) is 30.1 Å². The van der Waals surface area contributed by atoms with Gasteiger partial charge in [0.25, 0.3) is 5.91 Å². The van der Waals surface area contributed by atoms with E-state index in [-0.39, 0.29) is 11.9 Å². The second kappa shape index (κ2) is 6.04. The highest BCUT2D eigenvalue weighted by molar-refractivity contribution is 9.10. The maximum absolute atomic E-state index is 12.2. The molecule has 98 valence electrons. The van der Waals surface area contributed by atoms with Gasteiger partial charge in [-0.25, -0.2) is 0 Å². The summed E-state index contributed by atoms with van der Waals surface area (Å²) in [5.74, 6) is -0.0788. The van der Waals surface area contributed by atoms with Crippen molar-refractivity contribution in [3.8, 4) is 0 Å². The van der Waals surface area contributed by atoms with Gasteiger partial charge in [-0.1, -0.05) is 11.6 Å². The fraction of sp³-hybridized carbons (Fsp3) is 0.462. The van der Waals surface area contributed by atoms with Crippen molar-refractivity contribution in [2.45, 2.75) is 31.8 Å². The molecular formula is C13H16BrClN2O. The molecule has 0 aromatic heterocycles. The Balaban J connectivity index is 2.09. The molecular weight excluding hydrogens is 316 g/mol. The summed E-state index contributed by atoms with van der Waals surface area (Å²) in [4.78, 5) is 12.2. The van der Waals surface area contributed by atoms with Gasteiger partial charge in [0.2, 0.25) is 0 Å². The Labute approximate surface area is 120 Å². The first-order valence-corrected chi connectivity index (χ1v) is 7.24. The average molecular weight is 332 g/mol. The molecule has 1 aromatic carbocycles. The fourth-order valence-electron chi connectivity index (χ4n) is 2.16. The molecule has 1 saturated heterocycles. The summed E-state index contributed by atoms with van der Waals surface area (Å²) in [6.45, 7) is 3.12. The molecule has 1 fully saturated rings. The standard InChI is InChI=1S/C13H16BrClN2O/c1-8-12(3-2-6-16-8)17-13(18)10-7-9(15)4-5-11(10)14/h4-5,7-8,12,16H,2-3,6H2,1H3,(H,17,18). The summed E-state index contributed by atoms with van der Waals surface area (Å²) in [5, 5.41) is 6.99. The van der Waals surface area contributed by atoms with Crippen molar-refractivity contribution in [1.82, 2.24) is 10.6 Å². The molecule has 0 bridgehead atoms. The summed E-state index contributed by atoms with van der Waals surface area (Å²) in [7, 11) is 0. The minimum atomic E-state index is -0.0788. The molecule has 0 aliphatic carbocycles. The molecule has 1 aliphatic rings. The minimum Gasteiger partial charge on any atom is -0.348 e. The first kappa shape index (κ1) is 13.8. The number of carbonyl (C=O) groups excluding carboxylic acids is 1. The van der Waals surface area contributed by atoms with Gasteiger partial charge in [-0.05, 0) is 60.4 Å². The number of nitrogens with one attached hydrogen (secondary N) is 2. The van der Waals surface area contributed by atoms with E-state index in [9.17, 15) is 4.79 Å². The van der Waals surface area contributed by atoms with Crippen molar-refractivity contribution < 1.29 is 4.79 Å². The van der Waals surface area contributed by atoms with Crippen LogP contribution in [0.25, 0.3) is 0 Å². The van der Waals surface area contributed by atoms with Crippen LogP contribution >= 0.6 is 27.5 Å². The topological polar surface area (TPSA) is 41.1 Å². The normalized spacial score (nSPS) is 23.7. The summed E-state index contributed by atoms with van der Waals surface area (Å²) >= 11 is 9.30. The maximum Gasteiger partial charge on any atom is 0.252 e. The molecule has 2 rings (SSSR count). The number of rotatable bonds is 2. The Kier molecular flexibility index (Phi) is 4.65. The van der Waals surface area contributed by atoms with Crippen LogP contribution in [0.4, 0.5) is 0 Å². The van der Waals surface area contributed by atoms with Crippen LogP contribution in [0, 0.1) is 0 Å². The van der Waals surface area contributed by atoms with E-state index in [1.165, 1.54) is 0 Å². The third-order valence-corrected chi connectivity index (χ3v) is 4.18. The summed E-state index contributed by atoms with van der Waals surface area (Å²) < 4.78 is 0.765. The SMILES string of the molecule is CC1NCCCC1NC(=O)c1cc(Cl)ccc1Br. The molecule has 0 saturated carbocycles. The monoisotopic (exact) mass is 330 g/mol. The van der Waals surface area contributed by atoms with Gasteiger partial charge >= 0.3 is 0 Å². The highest BCUT2D eigenvalue weighted by Gasteiger charge is 2.23. The molecule has 2 atom stereocenters. The molecule has 1 amide bonds. The zero-order chi connectivity index (χ0) is 13.1. The molecule has 0 spiro atoms. The Hall–Kier alpha value is -0.580. The van der Waals surface area contributed by atoms with Crippen LogP contribution in [-0.2, 0) is 0 Å². The smallest absolute Gasteiger partial charge is 0.252 e. The number of amides is 1. The van der Waals surface area contributed by atoms with Crippen molar-refractivity contribution in [1.29, 1.82) is 0 Å². The van der Waals surface area contributed by atoms with Crippen molar-refractivity contribution in [2.75, 3.05) is 6.54 Å². The van der Waals surface area contributed by atoms with Crippen LogP contribution in [-0.4, -0.2) is 24.5 Å². The van der Waals surface area contributed by atoms with Crippen LogP contribution in [0.5, 0.6) is 0 Å². The lowest BCUT2D eigenvalue weighted by Crippen LogP contribution is -2.51. The van der Waals surface area contributed by atoms with Crippen LogP contribution in [0.2, 0.25) is 5.02 Å². The largest absolute Gasteiger partial charge is 0.348 e. The van der Waals surface area contributed by atoms with Gasteiger partial charge in [0.15, 0.2) is 0 Å². The molecule has 1 aliphatic heterocycles. The summed E-state index contributed by atoms with van der Waals surface area (Å²) in [6.07, 6.45) is 2.10. The van der Waals surface area contributed by atoms with Crippen molar-refractivity contribution in [2.24, 2.45) is 0 Å². The molecule has 3 nitrogen and oxygen atoms in total. The Bertz CT molecular complexity index is 453. The lowest BCUT2D eigenvalue weighted by atomic mass is 9.99. The summed E-state index contributed by atoms with van der Waals surface area (Å²) in [5.41, 5.74) is 0.584. The van der Waals surface area contributed by atoms with Crippen molar-refractivity contribution in [3.05, 3.63) is 33.3 Å². The first-order valence-electron chi connectivity index (χ1n) is 6.07. The van der Waals surface area contributed by atoms with Gasteiger partial charge in [-0.15, -0.1) is 0 Å². The van der Waals surface area contributed by atoms with Gasteiger partial charge in [0.05, 0.1) is 5.56 Å². The second-order valence-electron chi connectivity index (χ2n) is 4.59. The van der Waals surface area contributed by atoms with Crippen LogP contribution < -0.4 is 10.6 Å². The van der Waals surface area contributed by atoms with E-state index in [1.807, 2.05) is 0 Å². The molecule has 1 heterocycles. The number of benzene rings is 1. The quantitative estimate of drug-likeness (QED) is 0.875. The highest BCUT2D eigenvalue weighted by Crippen LogP contribution is 2.21. The molecule has 2 unspecified atom stereocenters. The number of carbonyl (C=O) groups is 1. The molecule has 1 aromatic rings. The van der Waals surface area contributed by atoms with Crippen LogP contribution in [0.3, 0.4) is 0 Å². The van der Waals surface area contributed by atoms with Crippen LogP contribution in [0.15, 0.2) is 22.7 Å². The number of hydrogen-bond acceptors (Lipinski definition) is 2. The second-order valence-corrected chi connectivity index (χ2v) is 5.88. The summed E-state index contributed by atoms with van der Waals surface area (Å²) in [6, 6.07) is 5.72. The lowest BCUT2D eigenvalue weighted by Gasteiger charge is -2.30. The van der Waals surface area contributed by atoms with E-state index >= 15 is 0 Å². The predicted molar refractivity (Wildman–Crippen MR) is 77.1 cm³/mol. The third kappa shape index (κ3) is 3.25. The number of halogens is 2. The zero-order valence-electron chi connectivity index (χ0n) is 10.2. The number of hydrogen-bond donors (Lipinski definition) is 2. The molecule has 0 radical (unpaired) electrons. The van der Waals surface area contributed by atoms with Crippen molar-refractivity contribution >= 4 is 33.4 Å². The van der Waals surface area contributed by atoms with Crippen molar-refractivity contribution in [3.63, 3.8) is 0 Å². The maximum atomic E-state index is 12.2. The van der Waals surface area contributed by atoms with E-state index in [4.69, 9.17) is 11.6 Å². The van der Waals surface area contributed by atoms with E-state index < -0.39 is 0 Å². The Morgan fingerprint density at radius 2 is 2.33 bits per heavy atom. The zero-order valence-corrected chi connectivity index (χ0v) is 12.5. The van der Waals surface area contributed by atoms with E-state index in [1.54, 1.807) is 18.2 Å². The lowest BCUT2D eigenvalue weighted by molar-refractivity contribution is 0.0919. The Morgan fingerprint density at radius 3 is 3.06 bits per heavy atom. The molecule has 18 heavy (non-hydrogen) atoms. The highest BCUT2D eigenvalue weighted by atomic mass is 79.9. The third-order valence-electron chi connectivity index (χ3n) is 3.25. The molecule has 2 N–H and O–H groups in total. The van der Waals surface area contributed by atoms with E-state index in [0.717, 1.165) is 23.9 Å².